The van der Waals surface area contributed by atoms with Crippen LogP contribution in [-0.2, 0) is 0 Å². The largest absolute Gasteiger partial charge is 0.478 e. The van der Waals surface area contributed by atoms with Crippen molar-refractivity contribution < 1.29 is 19.8 Å². The molecule has 0 bridgehead atoms. The molecule has 6 nitrogen and oxygen atoms in total. The van der Waals surface area contributed by atoms with E-state index in [1.165, 1.54) is 11.0 Å². The predicted octanol–water partition coefficient (Wildman–Crippen LogP) is 2.24. The Bertz CT molecular complexity index is 567. The maximum absolute atomic E-state index is 12.2. The molecule has 116 valence electrons. The third kappa shape index (κ3) is 3.72. The van der Waals surface area contributed by atoms with E-state index in [0.717, 1.165) is 5.56 Å². The van der Waals surface area contributed by atoms with Crippen molar-refractivity contribution in [1.82, 2.24) is 4.90 Å². The highest BCUT2D eigenvalue weighted by Gasteiger charge is 2.28. The topological polar surface area (TPSA) is 89.9 Å². The summed E-state index contributed by atoms with van der Waals surface area (Å²) in [4.78, 5) is 24.9. The van der Waals surface area contributed by atoms with Gasteiger partial charge >= 0.3 is 12.0 Å². The second-order valence-electron chi connectivity index (χ2n) is 5.77. The molecule has 21 heavy (non-hydrogen) atoms. The van der Waals surface area contributed by atoms with Gasteiger partial charge in [0.15, 0.2) is 0 Å². The molecule has 0 saturated carbocycles. The smallest absolute Gasteiger partial charge is 0.337 e. The number of hydrogen-bond acceptors (Lipinski definition) is 3. The zero-order valence-electron chi connectivity index (χ0n) is 13.0. The lowest BCUT2D eigenvalue weighted by Crippen LogP contribution is -2.49. The number of amides is 2. The van der Waals surface area contributed by atoms with E-state index >= 15 is 0 Å². The third-order valence-electron chi connectivity index (χ3n) is 3.54. The van der Waals surface area contributed by atoms with Crippen LogP contribution in [0.1, 0.15) is 35.3 Å². The quantitative estimate of drug-likeness (QED) is 0.794. The Balaban J connectivity index is 3.14. The summed E-state index contributed by atoms with van der Waals surface area (Å²) in [6.45, 7) is 6.77. The van der Waals surface area contributed by atoms with E-state index in [0.29, 0.717) is 5.56 Å². The number of aliphatic hydroxyl groups is 1. The van der Waals surface area contributed by atoms with Crippen LogP contribution in [-0.4, -0.2) is 46.3 Å². The molecule has 0 unspecified atom stereocenters. The SMILES string of the molecule is Cc1cc(C)c(NC(=O)N(C)C(C)(C)CO)c(C(=O)O)c1. The molecule has 1 rings (SSSR count). The molecular weight excluding hydrogens is 272 g/mol. The molecule has 2 amide bonds. The fourth-order valence-corrected chi connectivity index (χ4v) is 1.87. The predicted molar refractivity (Wildman–Crippen MR) is 80.8 cm³/mol. The molecule has 0 spiro atoms. The molecule has 0 heterocycles. The van der Waals surface area contributed by atoms with Crippen molar-refractivity contribution in [2.45, 2.75) is 33.2 Å². The third-order valence-corrected chi connectivity index (χ3v) is 3.54. The number of urea groups is 1. The van der Waals surface area contributed by atoms with E-state index in [9.17, 15) is 19.8 Å². The second kappa shape index (κ2) is 6.13. The van der Waals surface area contributed by atoms with Gasteiger partial charge in [0.1, 0.15) is 0 Å². The molecule has 1 aromatic carbocycles. The van der Waals surface area contributed by atoms with Gasteiger partial charge in [-0.3, -0.25) is 0 Å². The molecule has 0 fully saturated rings. The van der Waals surface area contributed by atoms with E-state index < -0.39 is 17.5 Å². The first-order valence-electron chi connectivity index (χ1n) is 6.60. The molecule has 0 aromatic heterocycles. The van der Waals surface area contributed by atoms with Crippen molar-refractivity contribution in [3.8, 4) is 0 Å². The van der Waals surface area contributed by atoms with Gasteiger partial charge in [0.2, 0.25) is 0 Å². The van der Waals surface area contributed by atoms with Crippen LogP contribution in [0.4, 0.5) is 10.5 Å². The van der Waals surface area contributed by atoms with Crippen molar-refractivity contribution in [1.29, 1.82) is 0 Å². The maximum Gasteiger partial charge on any atom is 0.337 e. The van der Waals surface area contributed by atoms with E-state index in [1.807, 2.05) is 0 Å². The second-order valence-corrected chi connectivity index (χ2v) is 5.77. The van der Waals surface area contributed by atoms with Crippen molar-refractivity contribution in [3.63, 3.8) is 0 Å². The summed E-state index contributed by atoms with van der Waals surface area (Å²) in [6, 6.07) is 2.85. The molecule has 0 aliphatic carbocycles. The fourth-order valence-electron chi connectivity index (χ4n) is 1.87. The maximum atomic E-state index is 12.2. The molecule has 0 aliphatic rings. The van der Waals surface area contributed by atoms with Crippen molar-refractivity contribution in [2.24, 2.45) is 0 Å². The Hall–Kier alpha value is -2.08. The summed E-state index contributed by atoms with van der Waals surface area (Å²) < 4.78 is 0. The first-order chi connectivity index (χ1) is 9.60. The number of likely N-dealkylation sites (N-methyl/N-ethyl adjacent to an activating group) is 1. The van der Waals surface area contributed by atoms with Crippen LogP contribution in [0.15, 0.2) is 12.1 Å². The summed E-state index contributed by atoms with van der Waals surface area (Å²) in [5.41, 5.74) is 1.07. The minimum Gasteiger partial charge on any atom is -0.478 e. The van der Waals surface area contributed by atoms with Gasteiger partial charge in [-0.1, -0.05) is 6.07 Å². The lowest BCUT2D eigenvalue weighted by Gasteiger charge is -2.34. The van der Waals surface area contributed by atoms with Crippen LogP contribution in [0.2, 0.25) is 0 Å². The summed E-state index contributed by atoms with van der Waals surface area (Å²) >= 11 is 0. The summed E-state index contributed by atoms with van der Waals surface area (Å²) in [5, 5.41) is 21.2. The van der Waals surface area contributed by atoms with Gasteiger partial charge in [0, 0.05) is 7.05 Å². The fraction of sp³-hybridized carbons (Fsp3) is 0.467. The van der Waals surface area contributed by atoms with Gasteiger partial charge in [0.05, 0.1) is 23.4 Å². The Kier molecular flexibility index (Phi) is 4.96. The molecule has 0 aliphatic heterocycles. The average molecular weight is 294 g/mol. The van der Waals surface area contributed by atoms with Crippen molar-refractivity contribution in [3.05, 3.63) is 28.8 Å². The number of aromatic carboxylic acids is 1. The first kappa shape index (κ1) is 17.0. The normalized spacial score (nSPS) is 11.1. The molecule has 0 atom stereocenters. The summed E-state index contributed by atoms with van der Waals surface area (Å²) in [6.07, 6.45) is 0. The Morgan fingerprint density at radius 2 is 1.86 bits per heavy atom. The minimum absolute atomic E-state index is 0.0519. The number of nitrogens with zero attached hydrogens (tertiary/aromatic N) is 1. The van der Waals surface area contributed by atoms with Crippen LogP contribution in [0.25, 0.3) is 0 Å². The number of anilines is 1. The number of benzene rings is 1. The number of carbonyl (C=O) groups is 2. The van der Waals surface area contributed by atoms with E-state index in [1.54, 1.807) is 40.8 Å². The molecular formula is C15H22N2O4. The number of carbonyl (C=O) groups excluding carboxylic acids is 1. The molecule has 1 aromatic rings. The minimum atomic E-state index is -1.10. The van der Waals surface area contributed by atoms with Crippen LogP contribution < -0.4 is 5.32 Å². The number of carboxylic acids is 1. The Morgan fingerprint density at radius 1 is 1.29 bits per heavy atom. The zero-order chi connectivity index (χ0) is 16.4. The van der Waals surface area contributed by atoms with E-state index in [4.69, 9.17) is 0 Å². The van der Waals surface area contributed by atoms with Crippen LogP contribution in [0, 0.1) is 13.8 Å². The highest BCUT2D eigenvalue weighted by Crippen LogP contribution is 2.24. The van der Waals surface area contributed by atoms with Gasteiger partial charge in [-0.25, -0.2) is 9.59 Å². The van der Waals surface area contributed by atoms with Crippen LogP contribution in [0.5, 0.6) is 0 Å². The highest BCUT2D eigenvalue weighted by molar-refractivity contribution is 6.01. The van der Waals surface area contributed by atoms with E-state index in [2.05, 4.69) is 5.32 Å². The Morgan fingerprint density at radius 3 is 2.33 bits per heavy atom. The van der Waals surface area contributed by atoms with E-state index in [-0.39, 0.29) is 17.9 Å². The molecule has 0 saturated heterocycles. The van der Waals surface area contributed by atoms with Crippen molar-refractivity contribution in [2.75, 3.05) is 19.0 Å². The number of nitrogens with one attached hydrogen (secondary N) is 1. The highest BCUT2D eigenvalue weighted by atomic mass is 16.4. The van der Waals surface area contributed by atoms with Gasteiger partial charge in [-0.05, 0) is 44.9 Å². The summed E-state index contributed by atoms with van der Waals surface area (Å²) in [7, 11) is 1.55. The number of aliphatic hydroxyl groups excluding tert-OH is 1. The number of hydrogen-bond donors (Lipinski definition) is 3. The summed E-state index contributed by atoms with van der Waals surface area (Å²) in [5.74, 6) is -1.10. The Labute approximate surface area is 124 Å². The standard InChI is InChI=1S/C15H22N2O4/c1-9-6-10(2)12(11(7-9)13(19)20)16-14(21)17(5)15(3,4)8-18/h6-7,18H,8H2,1-5H3,(H,16,21)(H,19,20). The van der Waals surface area contributed by atoms with Gasteiger partial charge in [-0.15, -0.1) is 0 Å². The van der Waals surface area contributed by atoms with Gasteiger partial charge in [0.25, 0.3) is 0 Å². The number of aryl methyl sites for hydroxylation is 2. The average Bonchev–Trinajstić information content (AvgIpc) is 2.40. The van der Waals surface area contributed by atoms with Crippen molar-refractivity contribution >= 4 is 17.7 Å². The number of carboxylic acid groups (broad SMARTS) is 1. The monoisotopic (exact) mass is 294 g/mol. The lowest BCUT2D eigenvalue weighted by molar-refractivity contribution is 0.0697. The van der Waals surface area contributed by atoms with Gasteiger partial charge < -0.3 is 20.4 Å². The molecule has 3 N–H and O–H groups in total. The zero-order valence-corrected chi connectivity index (χ0v) is 13.0. The first-order valence-corrected chi connectivity index (χ1v) is 6.60. The van der Waals surface area contributed by atoms with Gasteiger partial charge in [-0.2, -0.15) is 0 Å². The molecule has 0 radical (unpaired) electrons. The molecule has 6 heteroatoms. The van der Waals surface area contributed by atoms with Crippen LogP contribution in [0.3, 0.4) is 0 Å². The van der Waals surface area contributed by atoms with Crippen LogP contribution >= 0.6 is 0 Å². The number of rotatable bonds is 4. The lowest BCUT2D eigenvalue weighted by atomic mass is 10.0.